The molecule has 1 amide bonds. The van der Waals surface area contributed by atoms with Crippen LogP contribution in [0.4, 0.5) is 5.69 Å². The van der Waals surface area contributed by atoms with Crippen LogP contribution in [0.25, 0.3) is 0 Å². The molecule has 1 fully saturated rings. The fourth-order valence-corrected chi connectivity index (χ4v) is 2.11. The van der Waals surface area contributed by atoms with Gasteiger partial charge in [0.25, 0.3) is 11.6 Å². The summed E-state index contributed by atoms with van der Waals surface area (Å²) < 4.78 is 0. The van der Waals surface area contributed by atoms with Crippen molar-refractivity contribution in [2.75, 3.05) is 13.1 Å². The second-order valence-electron chi connectivity index (χ2n) is 4.37. The Morgan fingerprint density at radius 1 is 1.53 bits per heavy atom. The number of nitro groups is 1. The minimum atomic E-state index is -0.469. The second-order valence-corrected chi connectivity index (χ2v) is 4.37. The van der Waals surface area contributed by atoms with Crippen LogP contribution in [0, 0.1) is 17.0 Å². The molecular formula is C12H16ClN3O3. The van der Waals surface area contributed by atoms with Crippen LogP contribution in [0.1, 0.15) is 22.3 Å². The summed E-state index contributed by atoms with van der Waals surface area (Å²) >= 11 is 0. The third-order valence-electron chi connectivity index (χ3n) is 3.14. The number of amides is 1. The van der Waals surface area contributed by atoms with Crippen LogP contribution >= 0.6 is 12.4 Å². The molecule has 104 valence electrons. The number of rotatable bonds is 3. The molecule has 19 heavy (non-hydrogen) atoms. The summed E-state index contributed by atoms with van der Waals surface area (Å²) in [5, 5.41) is 16.8. The smallest absolute Gasteiger partial charge is 0.273 e. The largest absolute Gasteiger partial charge is 0.348 e. The average molecular weight is 286 g/mol. The first-order valence-corrected chi connectivity index (χ1v) is 5.85. The number of nitro benzene ring substituents is 1. The number of carbonyl (C=O) groups excluding carboxylic acids is 1. The number of benzene rings is 1. The number of hydrogen-bond acceptors (Lipinski definition) is 4. The maximum Gasteiger partial charge on any atom is 0.273 e. The molecule has 2 N–H and O–H groups in total. The Labute approximate surface area is 117 Å². The highest BCUT2D eigenvalue weighted by molar-refractivity contribution is 5.96. The van der Waals surface area contributed by atoms with Crippen molar-refractivity contribution < 1.29 is 9.72 Å². The van der Waals surface area contributed by atoms with E-state index in [1.807, 2.05) is 0 Å². The van der Waals surface area contributed by atoms with Crippen LogP contribution in [0.5, 0.6) is 0 Å². The van der Waals surface area contributed by atoms with Crippen molar-refractivity contribution in [2.24, 2.45) is 0 Å². The molecular weight excluding hydrogens is 270 g/mol. The van der Waals surface area contributed by atoms with E-state index in [1.54, 1.807) is 13.0 Å². The van der Waals surface area contributed by atoms with Gasteiger partial charge in [-0.25, -0.2) is 0 Å². The van der Waals surface area contributed by atoms with Gasteiger partial charge in [-0.2, -0.15) is 0 Å². The Kier molecular flexibility index (Phi) is 5.26. The first-order valence-electron chi connectivity index (χ1n) is 5.85. The maximum atomic E-state index is 12.0. The van der Waals surface area contributed by atoms with Gasteiger partial charge < -0.3 is 10.6 Å². The lowest BCUT2D eigenvalue weighted by Gasteiger charge is -2.12. The SMILES string of the molecule is Cc1c(C(=O)NC2CCNC2)cccc1[N+](=O)[O-].Cl. The lowest BCUT2D eigenvalue weighted by Crippen LogP contribution is -2.36. The Balaban J connectivity index is 0.00000180. The molecule has 1 unspecified atom stereocenters. The Bertz CT molecular complexity index is 487. The van der Waals surface area contributed by atoms with Gasteiger partial charge in [0.05, 0.1) is 4.92 Å². The average Bonchev–Trinajstić information content (AvgIpc) is 2.81. The number of hydrogen-bond donors (Lipinski definition) is 2. The molecule has 0 saturated carbocycles. The molecule has 0 radical (unpaired) electrons. The van der Waals surface area contributed by atoms with E-state index in [4.69, 9.17) is 0 Å². The fraction of sp³-hybridized carbons (Fsp3) is 0.417. The summed E-state index contributed by atoms with van der Waals surface area (Å²) in [5.74, 6) is -0.245. The highest BCUT2D eigenvalue weighted by atomic mass is 35.5. The molecule has 0 spiro atoms. The molecule has 0 aliphatic carbocycles. The quantitative estimate of drug-likeness (QED) is 0.650. The zero-order valence-electron chi connectivity index (χ0n) is 10.5. The summed E-state index contributed by atoms with van der Waals surface area (Å²) in [5.41, 5.74) is 0.759. The minimum Gasteiger partial charge on any atom is -0.348 e. The molecule has 1 atom stereocenters. The van der Waals surface area contributed by atoms with Gasteiger partial charge >= 0.3 is 0 Å². The predicted octanol–water partition coefficient (Wildman–Crippen LogP) is 1.42. The number of halogens is 1. The van der Waals surface area contributed by atoms with Crippen molar-refractivity contribution in [3.63, 3.8) is 0 Å². The van der Waals surface area contributed by atoms with E-state index in [9.17, 15) is 14.9 Å². The molecule has 6 nitrogen and oxygen atoms in total. The van der Waals surface area contributed by atoms with Gasteiger partial charge in [-0.05, 0) is 26.0 Å². The molecule has 1 aromatic carbocycles. The number of nitrogens with zero attached hydrogens (tertiary/aromatic N) is 1. The topological polar surface area (TPSA) is 84.3 Å². The summed E-state index contributed by atoms with van der Waals surface area (Å²) in [6.07, 6.45) is 0.889. The lowest BCUT2D eigenvalue weighted by atomic mass is 10.1. The van der Waals surface area contributed by atoms with Gasteiger partial charge in [0, 0.05) is 29.8 Å². The number of nitrogens with one attached hydrogen (secondary N) is 2. The highest BCUT2D eigenvalue weighted by Crippen LogP contribution is 2.21. The van der Waals surface area contributed by atoms with Crippen molar-refractivity contribution in [1.82, 2.24) is 10.6 Å². The van der Waals surface area contributed by atoms with E-state index in [-0.39, 0.29) is 30.0 Å². The fourth-order valence-electron chi connectivity index (χ4n) is 2.11. The van der Waals surface area contributed by atoms with Crippen molar-refractivity contribution in [3.8, 4) is 0 Å². The van der Waals surface area contributed by atoms with Gasteiger partial charge in [-0.15, -0.1) is 12.4 Å². The zero-order chi connectivity index (χ0) is 13.1. The van der Waals surface area contributed by atoms with E-state index in [0.717, 1.165) is 19.5 Å². The minimum absolute atomic E-state index is 0. The molecule has 0 aromatic heterocycles. The zero-order valence-corrected chi connectivity index (χ0v) is 11.3. The highest BCUT2D eigenvalue weighted by Gasteiger charge is 2.21. The molecule has 1 heterocycles. The Hall–Kier alpha value is -1.66. The van der Waals surface area contributed by atoms with Crippen LogP contribution in [0.15, 0.2) is 18.2 Å². The molecule has 1 saturated heterocycles. The summed E-state index contributed by atoms with van der Waals surface area (Å²) in [7, 11) is 0. The van der Waals surface area contributed by atoms with E-state index < -0.39 is 4.92 Å². The third-order valence-corrected chi connectivity index (χ3v) is 3.14. The number of carbonyl (C=O) groups is 1. The molecule has 7 heteroatoms. The van der Waals surface area contributed by atoms with Crippen molar-refractivity contribution in [3.05, 3.63) is 39.4 Å². The van der Waals surface area contributed by atoms with Crippen LogP contribution in [0.2, 0.25) is 0 Å². The van der Waals surface area contributed by atoms with Crippen molar-refractivity contribution >= 4 is 24.0 Å². The molecule has 1 aliphatic heterocycles. The van der Waals surface area contributed by atoms with Crippen LogP contribution in [-0.2, 0) is 0 Å². The monoisotopic (exact) mass is 285 g/mol. The Morgan fingerprint density at radius 3 is 2.84 bits per heavy atom. The van der Waals surface area contributed by atoms with Crippen LogP contribution in [-0.4, -0.2) is 30.0 Å². The summed E-state index contributed by atoms with van der Waals surface area (Å²) in [4.78, 5) is 22.4. The Morgan fingerprint density at radius 2 is 2.26 bits per heavy atom. The van der Waals surface area contributed by atoms with Crippen LogP contribution < -0.4 is 10.6 Å². The first kappa shape index (κ1) is 15.4. The standard InChI is InChI=1S/C12H15N3O3.ClH/c1-8-10(3-2-4-11(8)15(17)18)12(16)14-9-5-6-13-7-9;/h2-4,9,13H,5-7H2,1H3,(H,14,16);1H. The van der Waals surface area contributed by atoms with Gasteiger partial charge in [0.15, 0.2) is 0 Å². The first-order chi connectivity index (χ1) is 8.59. The maximum absolute atomic E-state index is 12.0. The molecule has 1 aromatic rings. The van der Waals surface area contributed by atoms with E-state index in [0.29, 0.717) is 11.1 Å². The van der Waals surface area contributed by atoms with E-state index in [2.05, 4.69) is 10.6 Å². The predicted molar refractivity (Wildman–Crippen MR) is 73.8 cm³/mol. The van der Waals surface area contributed by atoms with E-state index in [1.165, 1.54) is 12.1 Å². The van der Waals surface area contributed by atoms with Gasteiger partial charge in [0.2, 0.25) is 0 Å². The lowest BCUT2D eigenvalue weighted by molar-refractivity contribution is -0.385. The van der Waals surface area contributed by atoms with Gasteiger partial charge in [-0.1, -0.05) is 6.07 Å². The second kappa shape index (κ2) is 6.49. The third kappa shape index (κ3) is 3.42. The molecule has 1 aliphatic rings. The molecule has 2 rings (SSSR count). The van der Waals surface area contributed by atoms with Crippen LogP contribution in [0.3, 0.4) is 0 Å². The van der Waals surface area contributed by atoms with Gasteiger partial charge in [0.1, 0.15) is 0 Å². The van der Waals surface area contributed by atoms with Crippen molar-refractivity contribution in [2.45, 2.75) is 19.4 Å². The van der Waals surface area contributed by atoms with Gasteiger partial charge in [-0.3, -0.25) is 14.9 Å². The van der Waals surface area contributed by atoms with E-state index >= 15 is 0 Å². The summed E-state index contributed by atoms with van der Waals surface area (Å²) in [6.45, 7) is 3.23. The van der Waals surface area contributed by atoms with Crippen molar-refractivity contribution in [1.29, 1.82) is 0 Å². The molecule has 0 bridgehead atoms. The summed E-state index contributed by atoms with van der Waals surface area (Å²) in [6, 6.07) is 4.66. The normalized spacial score (nSPS) is 17.6.